The molecule has 6 heteroatoms. The van der Waals surface area contributed by atoms with Crippen LogP contribution in [-0.4, -0.2) is 17.1 Å². The molecule has 1 heterocycles. The molecule has 0 bridgehead atoms. The first-order valence-electron chi connectivity index (χ1n) is 7.80. The van der Waals surface area contributed by atoms with E-state index in [1.807, 2.05) is 30.3 Å². The summed E-state index contributed by atoms with van der Waals surface area (Å²) in [5.41, 5.74) is 1.72. The van der Waals surface area contributed by atoms with Gasteiger partial charge in [-0.05, 0) is 23.3 Å². The number of phenols is 1. The van der Waals surface area contributed by atoms with Gasteiger partial charge in [-0.15, -0.1) is 0 Å². The lowest BCUT2D eigenvalue weighted by atomic mass is 9.89. The summed E-state index contributed by atoms with van der Waals surface area (Å²) in [6, 6.07) is 14.6. The third-order valence-corrected chi connectivity index (χ3v) is 3.98. The number of urea groups is 1. The molecule has 2 atom stereocenters. The molecule has 0 radical (unpaired) electrons. The van der Waals surface area contributed by atoms with E-state index in [9.17, 15) is 14.7 Å². The minimum Gasteiger partial charge on any atom is -0.508 e. The van der Waals surface area contributed by atoms with Gasteiger partial charge in [-0.2, -0.15) is 0 Å². The number of nitrogens with one attached hydrogen (secondary N) is 2. The van der Waals surface area contributed by atoms with Gasteiger partial charge in [0.2, 0.25) is 0 Å². The summed E-state index contributed by atoms with van der Waals surface area (Å²) in [5, 5.41) is 14.9. The average molecular weight is 338 g/mol. The molecule has 6 nitrogen and oxygen atoms in total. The number of amides is 2. The Morgan fingerprint density at radius 2 is 1.92 bits per heavy atom. The molecule has 2 unspecified atom stereocenters. The molecule has 2 aromatic rings. The molecule has 3 N–H and O–H groups in total. The molecule has 0 aliphatic carbocycles. The summed E-state index contributed by atoms with van der Waals surface area (Å²) in [4.78, 5) is 24.4. The van der Waals surface area contributed by atoms with Crippen LogP contribution in [-0.2, 0) is 16.1 Å². The molecule has 1 saturated heterocycles. The van der Waals surface area contributed by atoms with Crippen molar-refractivity contribution in [3.8, 4) is 5.75 Å². The van der Waals surface area contributed by atoms with Gasteiger partial charge in [-0.3, -0.25) is 4.79 Å². The van der Waals surface area contributed by atoms with Gasteiger partial charge in [0.05, 0.1) is 6.04 Å². The first kappa shape index (κ1) is 16.6. The highest BCUT2D eigenvalue weighted by atomic mass is 16.5. The fourth-order valence-electron chi connectivity index (χ4n) is 2.78. The number of aromatic hydroxyl groups is 1. The molecule has 2 amide bonds. The van der Waals surface area contributed by atoms with Crippen LogP contribution in [0.2, 0.25) is 0 Å². The molecule has 128 valence electrons. The van der Waals surface area contributed by atoms with Gasteiger partial charge in [-0.25, -0.2) is 4.79 Å². The van der Waals surface area contributed by atoms with E-state index >= 15 is 0 Å². The molecule has 2 aromatic carbocycles. The lowest BCUT2D eigenvalue weighted by Crippen LogP contribution is -2.51. The number of esters is 1. The molecular formula is C19H18N2O4. The van der Waals surface area contributed by atoms with Gasteiger partial charge in [0, 0.05) is 5.70 Å². The number of rotatable bonds is 4. The van der Waals surface area contributed by atoms with Crippen LogP contribution in [0.25, 0.3) is 0 Å². The zero-order chi connectivity index (χ0) is 17.8. The fourth-order valence-corrected chi connectivity index (χ4v) is 2.78. The third kappa shape index (κ3) is 3.80. The second-order valence-corrected chi connectivity index (χ2v) is 5.77. The van der Waals surface area contributed by atoms with E-state index in [0.717, 1.165) is 5.56 Å². The Kier molecular flexibility index (Phi) is 4.70. The van der Waals surface area contributed by atoms with Crippen molar-refractivity contribution in [2.75, 3.05) is 0 Å². The van der Waals surface area contributed by atoms with Crippen molar-refractivity contribution < 1.29 is 19.4 Å². The van der Waals surface area contributed by atoms with Crippen LogP contribution in [0, 0.1) is 5.92 Å². The molecule has 1 aliphatic heterocycles. The van der Waals surface area contributed by atoms with Gasteiger partial charge in [0.1, 0.15) is 18.3 Å². The van der Waals surface area contributed by atoms with Gasteiger partial charge in [0.15, 0.2) is 0 Å². The monoisotopic (exact) mass is 338 g/mol. The lowest BCUT2D eigenvalue weighted by molar-refractivity contribution is -0.149. The molecule has 3 rings (SSSR count). The van der Waals surface area contributed by atoms with Crippen LogP contribution in [0.1, 0.15) is 17.2 Å². The second kappa shape index (κ2) is 7.09. The summed E-state index contributed by atoms with van der Waals surface area (Å²) in [7, 11) is 0. The van der Waals surface area contributed by atoms with Gasteiger partial charge < -0.3 is 20.5 Å². The van der Waals surface area contributed by atoms with Crippen LogP contribution < -0.4 is 10.6 Å². The van der Waals surface area contributed by atoms with Crippen molar-refractivity contribution in [3.05, 3.63) is 78.0 Å². The number of hydrogen-bond donors (Lipinski definition) is 3. The minimum atomic E-state index is -0.803. The Balaban J connectivity index is 1.81. The van der Waals surface area contributed by atoms with Crippen molar-refractivity contribution in [1.82, 2.24) is 10.6 Å². The van der Waals surface area contributed by atoms with Crippen molar-refractivity contribution in [2.45, 2.75) is 12.6 Å². The maximum atomic E-state index is 12.6. The van der Waals surface area contributed by atoms with Crippen LogP contribution in [0.4, 0.5) is 4.79 Å². The van der Waals surface area contributed by atoms with Crippen LogP contribution in [0.5, 0.6) is 5.75 Å². The summed E-state index contributed by atoms with van der Waals surface area (Å²) in [6.45, 7) is 3.91. The van der Waals surface area contributed by atoms with Gasteiger partial charge in [-0.1, -0.05) is 49.0 Å². The highest BCUT2D eigenvalue weighted by Crippen LogP contribution is 2.31. The number of phenolic OH excluding ortho intramolecular Hbond substituents is 1. The Morgan fingerprint density at radius 3 is 2.64 bits per heavy atom. The third-order valence-electron chi connectivity index (χ3n) is 3.98. The number of carbonyl (C=O) groups is 2. The highest BCUT2D eigenvalue weighted by Gasteiger charge is 2.39. The normalized spacial score (nSPS) is 19.7. The van der Waals surface area contributed by atoms with Crippen LogP contribution in [0.3, 0.4) is 0 Å². The topological polar surface area (TPSA) is 87.7 Å². The SMILES string of the molecule is C=C1NC(=O)NC(c2cccc(O)c2)C1C(=O)OCc1ccccc1. The summed E-state index contributed by atoms with van der Waals surface area (Å²) < 4.78 is 5.40. The smallest absolute Gasteiger partial charge is 0.319 e. The minimum absolute atomic E-state index is 0.0484. The Labute approximate surface area is 145 Å². The lowest BCUT2D eigenvalue weighted by Gasteiger charge is -2.33. The molecule has 0 aromatic heterocycles. The summed E-state index contributed by atoms with van der Waals surface area (Å²) in [5.74, 6) is -1.26. The van der Waals surface area contributed by atoms with E-state index in [2.05, 4.69) is 17.2 Å². The van der Waals surface area contributed by atoms with E-state index in [-0.39, 0.29) is 18.1 Å². The quantitative estimate of drug-likeness (QED) is 0.748. The molecule has 0 saturated carbocycles. The predicted octanol–water partition coefficient (Wildman–Crippen LogP) is 2.62. The summed E-state index contributed by atoms with van der Waals surface area (Å²) >= 11 is 0. The van der Waals surface area contributed by atoms with Crippen molar-refractivity contribution >= 4 is 12.0 Å². The molecule has 25 heavy (non-hydrogen) atoms. The predicted molar refractivity (Wildman–Crippen MR) is 91.4 cm³/mol. The van der Waals surface area contributed by atoms with E-state index in [4.69, 9.17) is 4.74 Å². The number of benzene rings is 2. The van der Waals surface area contributed by atoms with E-state index in [1.165, 1.54) is 12.1 Å². The number of hydrogen-bond acceptors (Lipinski definition) is 4. The first-order chi connectivity index (χ1) is 12.0. The van der Waals surface area contributed by atoms with E-state index in [0.29, 0.717) is 5.56 Å². The number of carbonyl (C=O) groups excluding carboxylic acids is 2. The maximum absolute atomic E-state index is 12.6. The first-order valence-corrected chi connectivity index (χ1v) is 7.80. The van der Waals surface area contributed by atoms with Crippen molar-refractivity contribution in [1.29, 1.82) is 0 Å². The largest absolute Gasteiger partial charge is 0.508 e. The molecule has 0 spiro atoms. The van der Waals surface area contributed by atoms with Crippen molar-refractivity contribution in [2.24, 2.45) is 5.92 Å². The molecule has 1 aliphatic rings. The Hall–Kier alpha value is -3.28. The van der Waals surface area contributed by atoms with Crippen LogP contribution >= 0.6 is 0 Å². The van der Waals surface area contributed by atoms with E-state index in [1.54, 1.807) is 12.1 Å². The van der Waals surface area contributed by atoms with Gasteiger partial charge in [0.25, 0.3) is 0 Å². The zero-order valence-corrected chi connectivity index (χ0v) is 13.4. The van der Waals surface area contributed by atoms with Gasteiger partial charge >= 0.3 is 12.0 Å². The number of ether oxygens (including phenoxy) is 1. The Morgan fingerprint density at radius 1 is 1.16 bits per heavy atom. The fraction of sp³-hybridized carbons (Fsp3) is 0.158. The Bertz CT molecular complexity index is 804. The van der Waals surface area contributed by atoms with Crippen LogP contribution in [0.15, 0.2) is 66.9 Å². The molecular weight excluding hydrogens is 320 g/mol. The average Bonchev–Trinajstić information content (AvgIpc) is 2.60. The van der Waals surface area contributed by atoms with Crippen molar-refractivity contribution in [3.63, 3.8) is 0 Å². The maximum Gasteiger partial charge on any atom is 0.319 e. The molecule has 1 fully saturated rings. The standard InChI is InChI=1S/C19H18N2O4/c1-12-16(18(23)25-11-13-6-3-2-4-7-13)17(21-19(24)20-12)14-8-5-9-15(22)10-14/h2-10,16-17,22H,1,11H2,(H2,20,21,24). The second-order valence-electron chi connectivity index (χ2n) is 5.77. The zero-order valence-electron chi connectivity index (χ0n) is 13.4. The van der Waals surface area contributed by atoms with E-state index < -0.39 is 24.0 Å². The summed E-state index contributed by atoms with van der Waals surface area (Å²) in [6.07, 6.45) is 0. The highest BCUT2D eigenvalue weighted by molar-refractivity contribution is 5.85.